The van der Waals surface area contributed by atoms with Gasteiger partial charge < -0.3 is 10.6 Å². The van der Waals surface area contributed by atoms with E-state index in [1.807, 2.05) is 19.1 Å². The molecule has 26 heavy (non-hydrogen) atoms. The molecule has 1 heterocycles. The van der Waals surface area contributed by atoms with Crippen LogP contribution in [0.25, 0.3) is 0 Å². The Bertz CT molecular complexity index is 968. The summed E-state index contributed by atoms with van der Waals surface area (Å²) in [6.07, 6.45) is 0.743. The Hall–Kier alpha value is -3.24. The minimum atomic E-state index is -0.400. The zero-order chi connectivity index (χ0) is 18.5. The van der Waals surface area contributed by atoms with Crippen molar-refractivity contribution in [2.24, 2.45) is 0 Å². The van der Waals surface area contributed by atoms with Gasteiger partial charge in [-0.2, -0.15) is 20.2 Å². The first-order valence-electron chi connectivity index (χ1n) is 7.81. The topological polar surface area (TPSA) is 86.5 Å². The second-order valence-electron chi connectivity index (χ2n) is 5.36. The molecule has 6 nitrogen and oxygen atoms in total. The third-order valence-electron chi connectivity index (χ3n) is 3.57. The highest BCUT2D eigenvalue weighted by molar-refractivity contribution is 6.28. The lowest BCUT2D eigenvalue weighted by Crippen LogP contribution is -2.05. The monoisotopic (exact) mass is 368 g/mol. The van der Waals surface area contributed by atoms with Crippen molar-refractivity contribution in [3.63, 3.8) is 0 Å². The maximum atomic E-state index is 14.1. The van der Waals surface area contributed by atoms with E-state index in [1.165, 1.54) is 6.07 Å². The van der Waals surface area contributed by atoms with Gasteiger partial charge in [-0.15, -0.1) is 0 Å². The number of nitrogens with one attached hydrogen (secondary N) is 2. The van der Waals surface area contributed by atoms with Crippen LogP contribution in [0.5, 0.6) is 0 Å². The number of rotatable bonds is 5. The highest BCUT2D eigenvalue weighted by atomic mass is 35.5. The molecule has 0 saturated carbocycles. The quantitative estimate of drug-likeness (QED) is 0.685. The molecule has 0 aliphatic carbocycles. The first kappa shape index (κ1) is 17.6. The van der Waals surface area contributed by atoms with Crippen LogP contribution in [0.15, 0.2) is 42.5 Å². The Morgan fingerprint density at radius 2 is 1.73 bits per heavy atom. The van der Waals surface area contributed by atoms with Crippen molar-refractivity contribution in [1.82, 2.24) is 15.0 Å². The SMILES string of the molecule is CCc1ccc(Nc2nc(Cl)nc(Nc3ccc(C#N)cc3)n2)c(F)c1. The van der Waals surface area contributed by atoms with Crippen LogP contribution in [0.1, 0.15) is 18.1 Å². The van der Waals surface area contributed by atoms with Crippen LogP contribution in [-0.4, -0.2) is 15.0 Å². The number of benzene rings is 2. The van der Waals surface area contributed by atoms with Crippen LogP contribution in [-0.2, 0) is 6.42 Å². The van der Waals surface area contributed by atoms with Gasteiger partial charge >= 0.3 is 0 Å². The maximum Gasteiger partial charge on any atom is 0.233 e. The molecule has 0 amide bonds. The number of aryl methyl sites for hydroxylation is 1. The molecule has 0 aliphatic rings. The molecule has 0 bridgehead atoms. The van der Waals surface area contributed by atoms with Crippen molar-refractivity contribution in [2.75, 3.05) is 10.6 Å². The summed E-state index contributed by atoms with van der Waals surface area (Å²) in [5.74, 6) is -0.0884. The summed E-state index contributed by atoms with van der Waals surface area (Å²) in [6.45, 7) is 1.95. The van der Waals surface area contributed by atoms with E-state index in [-0.39, 0.29) is 22.9 Å². The molecule has 0 fully saturated rings. The number of hydrogen-bond donors (Lipinski definition) is 2. The molecule has 0 aliphatic heterocycles. The van der Waals surface area contributed by atoms with Crippen molar-refractivity contribution < 1.29 is 4.39 Å². The summed E-state index contributed by atoms with van der Waals surface area (Å²) in [4.78, 5) is 12.2. The maximum absolute atomic E-state index is 14.1. The second kappa shape index (κ2) is 7.76. The third-order valence-corrected chi connectivity index (χ3v) is 3.74. The van der Waals surface area contributed by atoms with Gasteiger partial charge in [0.05, 0.1) is 17.3 Å². The molecule has 3 aromatic rings. The van der Waals surface area contributed by atoms with E-state index in [0.29, 0.717) is 11.3 Å². The van der Waals surface area contributed by atoms with Crippen molar-refractivity contribution in [3.05, 3.63) is 64.7 Å². The molecule has 0 spiro atoms. The van der Waals surface area contributed by atoms with E-state index >= 15 is 0 Å². The van der Waals surface area contributed by atoms with Gasteiger partial charge in [0.25, 0.3) is 0 Å². The van der Waals surface area contributed by atoms with Crippen LogP contribution in [0.2, 0.25) is 5.28 Å². The first-order chi connectivity index (χ1) is 12.6. The van der Waals surface area contributed by atoms with Crippen LogP contribution >= 0.6 is 11.6 Å². The van der Waals surface area contributed by atoms with Gasteiger partial charge in [-0.25, -0.2) is 4.39 Å². The van der Waals surface area contributed by atoms with Crippen molar-refractivity contribution >= 4 is 34.9 Å². The van der Waals surface area contributed by atoms with E-state index in [2.05, 4.69) is 25.6 Å². The fourth-order valence-electron chi connectivity index (χ4n) is 2.22. The molecule has 130 valence electrons. The Morgan fingerprint density at radius 3 is 2.35 bits per heavy atom. The summed E-state index contributed by atoms with van der Waals surface area (Å²) in [5, 5.41) is 14.6. The minimum Gasteiger partial charge on any atom is -0.324 e. The van der Waals surface area contributed by atoms with Crippen LogP contribution in [0.4, 0.5) is 27.7 Å². The fourth-order valence-corrected chi connectivity index (χ4v) is 2.38. The van der Waals surface area contributed by atoms with Gasteiger partial charge in [0.2, 0.25) is 17.2 Å². The Balaban J connectivity index is 1.82. The van der Waals surface area contributed by atoms with E-state index in [1.54, 1.807) is 30.3 Å². The highest BCUT2D eigenvalue weighted by Gasteiger charge is 2.09. The number of aromatic nitrogens is 3. The average molecular weight is 369 g/mol. The lowest BCUT2D eigenvalue weighted by atomic mass is 10.1. The van der Waals surface area contributed by atoms with Gasteiger partial charge in [0.15, 0.2) is 0 Å². The summed E-state index contributed by atoms with van der Waals surface area (Å²) in [7, 11) is 0. The first-order valence-corrected chi connectivity index (χ1v) is 8.19. The molecule has 8 heteroatoms. The number of anilines is 4. The van der Waals surface area contributed by atoms with Gasteiger partial charge in [-0.3, -0.25) is 0 Å². The molecule has 0 unspecified atom stereocenters. The number of nitrogens with zero attached hydrogens (tertiary/aromatic N) is 4. The Labute approximate surface area is 154 Å². The smallest absolute Gasteiger partial charge is 0.233 e. The normalized spacial score (nSPS) is 10.2. The largest absolute Gasteiger partial charge is 0.324 e. The summed E-state index contributed by atoms with van der Waals surface area (Å²) >= 11 is 5.94. The predicted octanol–water partition coefficient (Wildman–Crippen LogP) is 4.59. The average Bonchev–Trinajstić information content (AvgIpc) is 2.63. The number of hydrogen-bond acceptors (Lipinski definition) is 6. The lowest BCUT2D eigenvalue weighted by molar-refractivity contribution is 0.629. The predicted molar refractivity (Wildman–Crippen MR) is 98.3 cm³/mol. The van der Waals surface area contributed by atoms with Gasteiger partial charge in [-0.05, 0) is 60.0 Å². The van der Waals surface area contributed by atoms with E-state index in [9.17, 15) is 4.39 Å². The fraction of sp³-hybridized carbons (Fsp3) is 0.111. The molecule has 0 radical (unpaired) electrons. The standard InChI is InChI=1S/C18H14ClFN6/c1-2-11-5-8-15(14(20)9-11)23-18-25-16(19)24-17(26-18)22-13-6-3-12(10-21)4-7-13/h3-9H,2H2,1H3,(H2,22,23,24,25,26). The second-order valence-corrected chi connectivity index (χ2v) is 5.70. The van der Waals surface area contributed by atoms with Crippen LogP contribution < -0.4 is 10.6 Å². The lowest BCUT2D eigenvalue weighted by Gasteiger charge is -2.10. The van der Waals surface area contributed by atoms with Crippen molar-refractivity contribution in [2.45, 2.75) is 13.3 Å². The van der Waals surface area contributed by atoms with Gasteiger partial charge in [-0.1, -0.05) is 13.0 Å². The van der Waals surface area contributed by atoms with Gasteiger partial charge in [0, 0.05) is 5.69 Å². The molecular weight excluding hydrogens is 355 g/mol. The van der Waals surface area contributed by atoms with Crippen molar-refractivity contribution in [1.29, 1.82) is 5.26 Å². The zero-order valence-corrected chi connectivity index (χ0v) is 14.5. The zero-order valence-electron chi connectivity index (χ0n) is 13.8. The summed E-state index contributed by atoms with van der Waals surface area (Å²) in [5.41, 5.74) is 2.35. The Morgan fingerprint density at radius 1 is 1.04 bits per heavy atom. The molecule has 1 aromatic heterocycles. The molecule has 2 N–H and O–H groups in total. The highest BCUT2D eigenvalue weighted by Crippen LogP contribution is 2.22. The summed E-state index contributed by atoms with van der Waals surface area (Å²) < 4.78 is 14.1. The summed E-state index contributed by atoms with van der Waals surface area (Å²) in [6, 6.07) is 13.7. The van der Waals surface area contributed by atoms with Gasteiger partial charge in [0.1, 0.15) is 5.82 Å². The van der Waals surface area contributed by atoms with E-state index in [0.717, 1.165) is 12.0 Å². The van der Waals surface area contributed by atoms with E-state index in [4.69, 9.17) is 16.9 Å². The number of halogens is 2. The van der Waals surface area contributed by atoms with Crippen LogP contribution in [0.3, 0.4) is 0 Å². The Kier molecular flexibility index (Phi) is 5.25. The minimum absolute atomic E-state index is 0.0377. The number of nitriles is 1. The molecule has 2 aromatic carbocycles. The van der Waals surface area contributed by atoms with Crippen molar-refractivity contribution in [3.8, 4) is 6.07 Å². The van der Waals surface area contributed by atoms with Crippen LogP contribution in [0, 0.1) is 17.1 Å². The molecule has 0 saturated heterocycles. The molecular formula is C18H14ClFN6. The molecule has 3 rings (SSSR count). The van der Waals surface area contributed by atoms with E-state index < -0.39 is 5.82 Å². The third kappa shape index (κ3) is 4.23. The molecule has 0 atom stereocenters.